The number of alkyl halides is 3. The zero-order valence-electron chi connectivity index (χ0n) is 28.5. The number of aromatic nitrogens is 6. The van der Waals surface area contributed by atoms with Crippen molar-refractivity contribution in [3.05, 3.63) is 107 Å². The zero-order chi connectivity index (χ0) is 34.1. The molecule has 1 unspecified atom stereocenters. The Bertz CT molecular complexity index is 2270. The molecule has 8 rings (SSSR count). The number of fused-ring (bicyclic) bond motifs is 12. The van der Waals surface area contributed by atoms with Crippen molar-refractivity contribution in [3.8, 4) is 33.9 Å². The van der Waals surface area contributed by atoms with E-state index in [9.17, 15) is 13.2 Å². The van der Waals surface area contributed by atoms with Crippen molar-refractivity contribution >= 4 is 10.8 Å². The van der Waals surface area contributed by atoms with Gasteiger partial charge in [-0.15, -0.1) is 9.36 Å². The first-order valence-electron chi connectivity index (χ1n) is 16.6. The van der Waals surface area contributed by atoms with E-state index in [4.69, 9.17) is 5.10 Å². The summed E-state index contributed by atoms with van der Waals surface area (Å²) >= 11 is 0. The van der Waals surface area contributed by atoms with Crippen molar-refractivity contribution in [1.29, 1.82) is 0 Å². The molecular weight excluding hydrogens is 609 g/mol. The second-order valence-electron chi connectivity index (χ2n) is 14.9. The van der Waals surface area contributed by atoms with Crippen LogP contribution < -0.4 is 9.13 Å². The molecule has 0 aliphatic carbocycles. The highest BCUT2D eigenvalue weighted by Gasteiger charge is 2.70. The molecule has 0 saturated carbocycles. The van der Waals surface area contributed by atoms with Crippen molar-refractivity contribution < 1.29 is 22.3 Å². The molecule has 4 aromatic heterocycles. The number of pyridine rings is 2. The Balaban J connectivity index is 1.45. The van der Waals surface area contributed by atoms with E-state index in [1.807, 2.05) is 45.3 Å². The summed E-state index contributed by atoms with van der Waals surface area (Å²) in [5.74, 6) is -0.722. The first-order chi connectivity index (χ1) is 22.6. The average Bonchev–Trinajstić information content (AvgIpc) is 3.75. The van der Waals surface area contributed by atoms with Gasteiger partial charge in [0.2, 0.25) is 11.4 Å². The molecule has 0 bridgehead atoms. The van der Waals surface area contributed by atoms with Crippen LogP contribution in [0.15, 0.2) is 79.1 Å². The normalized spacial score (nSPS) is 16.7. The predicted octanol–water partition coefficient (Wildman–Crippen LogP) is 8.52. The maximum Gasteiger partial charge on any atom is 0.583 e. The van der Waals surface area contributed by atoms with Crippen LogP contribution >= 0.6 is 0 Å². The molecule has 1 spiro atoms. The summed E-state index contributed by atoms with van der Waals surface area (Å²) in [5.41, 5.74) is 8.40. The Morgan fingerprint density at radius 3 is 2.06 bits per heavy atom. The quantitative estimate of drug-likeness (QED) is 0.180. The van der Waals surface area contributed by atoms with Gasteiger partial charge in [0.15, 0.2) is 23.8 Å². The van der Waals surface area contributed by atoms with Gasteiger partial charge in [-0.25, -0.2) is 0 Å². The Morgan fingerprint density at radius 2 is 1.42 bits per heavy atom. The summed E-state index contributed by atoms with van der Waals surface area (Å²) in [6.07, 6.45) is -0.689. The summed E-state index contributed by atoms with van der Waals surface area (Å²) in [7, 11) is 0. The molecule has 1 atom stereocenters. The van der Waals surface area contributed by atoms with Gasteiger partial charge in [-0.1, -0.05) is 81.9 Å². The summed E-state index contributed by atoms with van der Waals surface area (Å²) in [5, 5.41) is 11.0. The lowest BCUT2D eigenvalue weighted by Crippen LogP contribution is -2.77. The predicted molar refractivity (Wildman–Crippen MR) is 179 cm³/mol. The molecule has 0 fully saturated rings. The highest BCUT2D eigenvalue weighted by atomic mass is 19.4. The Hall–Kier alpha value is -4.79. The molecule has 2 aromatic carbocycles. The van der Waals surface area contributed by atoms with E-state index < -0.39 is 17.8 Å². The van der Waals surface area contributed by atoms with Crippen LogP contribution in [0.25, 0.3) is 44.7 Å². The number of halogens is 3. The summed E-state index contributed by atoms with van der Waals surface area (Å²) < 4.78 is 50.6. The SMILES string of the molecule is Cc1cc2n(n1)C1(n3nc(C(F)(F)F)cc3-c3c4ccc(-c5c(C(C)C)cccc5C(C)C)cc4cc[n+]31)[n+]1ccc(C(C)(C)C)cc1-2. The number of nitrogens with zero attached hydrogens (tertiary/aromatic N) is 6. The van der Waals surface area contributed by atoms with Crippen molar-refractivity contribution in [2.75, 3.05) is 0 Å². The number of aryl methyl sites for hydroxylation is 1. The van der Waals surface area contributed by atoms with Gasteiger partial charge < -0.3 is 0 Å². The lowest BCUT2D eigenvalue weighted by molar-refractivity contribution is -0.990. The van der Waals surface area contributed by atoms with Crippen LogP contribution in [0.3, 0.4) is 0 Å². The van der Waals surface area contributed by atoms with Crippen LogP contribution in [-0.4, -0.2) is 19.6 Å². The van der Waals surface area contributed by atoms with Crippen LogP contribution in [0.5, 0.6) is 0 Å². The number of rotatable bonds is 3. The van der Waals surface area contributed by atoms with Crippen molar-refractivity contribution in [2.45, 2.75) is 84.7 Å². The highest BCUT2D eigenvalue weighted by Crippen LogP contribution is 2.44. The van der Waals surface area contributed by atoms with Crippen LogP contribution in [0.1, 0.15) is 88.4 Å². The van der Waals surface area contributed by atoms with E-state index in [0.717, 1.165) is 39.0 Å². The molecule has 9 heteroatoms. The maximum atomic E-state index is 14.4. The number of hydrogen-bond acceptors (Lipinski definition) is 2. The third-order valence-electron chi connectivity index (χ3n) is 9.98. The van der Waals surface area contributed by atoms with Crippen LogP contribution in [0.2, 0.25) is 0 Å². The van der Waals surface area contributed by atoms with Gasteiger partial charge in [0.25, 0.3) is 0 Å². The lowest BCUT2D eigenvalue weighted by atomic mass is 9.84. The number of hydrogen-bond donors (Lipinski definition) is 0. The molecule has 0 amide bonds. The summed E-state index contributed by atoms with van der Waals surface area (Å²) in [6, 6.07) is 22.3. The first-order valence-corrected chi connectivity index (χ1v) is 16.6. The fraction of sp³-hybridized carbons (Fsp3) is 0.333. The van der Waals surface area contributed by atoms with Gasteiger partial charge in [0.1, 0.15) is 5.69 Å². The van der Waals surface area contributed by atoms with Gasteiger partial charge >= 0.3 is 12.1 Å². The summed E-state index contributed by atoms with van der Waals surface area (Å²) in [4.78, 5) is 0. The first kappa shape index (κ1) is 30.5. The molecule has 6 heterocycles. The van der Waals surface area contributed by atoms with E-state index >= 15 is 0 Å². The molecule has 0 saturated heterocycles. The lowest BCUT2D eigenvalue weighted by Gasteiger charge is -2.20. The molecule has 2 aliphatic rings. The fourth-order valence-corrected chi connectivity index (χ4v) is 7.69. The summed E-state index contributed by atoms with van der Waals surface area (Å²) in [6.45, 7) is 17.2. The minimum absolute atomic E-state index is 0.135. The molecule has 0 N–H and O–H groups in total. The second-order valence-corrected chi connectivity index (χ2v) is 14.9. The van der Waals surface area contributed by atoms with Crippen molar-refractivity contribution in [2.24, 2.45) is 0 Å². The highest BCUT2D eigenvalue weighted by molar-refractivity contribution is 5.96. The van der Waals surface area contributed by atoms with Gasteiger partial charge in [-0.05, 0) is 75.6 Å². The van der Waals surface area contributed by atoms with Crippen LogP contribution in [-0.2, 0) is 17.5 Å². The molecular formula is C39H39F3N6+2. The minimum Gasteiger partial charge on any atom is -0.164 e. The van der Waals surface area contributed by atoms with E-state index in [2.05, 4.69) is 102 Å². The van der Waals surface area contributed by atoms with Gasteiger partial charge in [0, 0.05) is 24.3 Å². The number of benzene rings is 2. The zero-order valence-corrected chi connectivity index (χ0v) is 28.5. The molecule has 48 heavy (non-hydrogen) atoms. The Kier molecular flexibility index (Phi) is 6.28. The molecule has 244 valence electrons. The second kappa shape index (κ2) is 9.87. The average molecular weight is 649 g/mol. The molecule has 6 nitrogen and oxygen atoms in total. The van der Waals surface area contributed by atoms with Gasteiger partial charge in [0.05, 0.1) is 11.1 Å². The molecule has 2 aliphatic heterocycles. The van der Waals surface area contributed by atoms with E-state index in [-0.39, 0.29) is 5.41 Å². The van der Waals surface area contributed by atoms with Gasteiger partial charge in [-0.3, -0.25) is 0 Å². The third kappa shape index (κ3) is 4.05. The Labute approximate surface area is 278 Å². The van der Waals surface area contributed by atoms with E-state index in [0.29, 0.717) is 23.2 Å². The van der Waals surface area contributed by atoms with Crippen LogP contribution in [0, 0.1) is 6.92 Å². The van der Waals surface area contributed by atoms with Gasteiger partial charge in [-0.2, -0.15) is 23.4 Å². The standard InChI is InChI=1S/C39H39F3N6/c1-22(2)28-10-9-11-29(23(3)4)35(28)26-12-13-30-25(19-26)14-16-46-36(30)33-21-34(38(40,41)42)44-48(33)39(46)45-17-15-27(37(6,7)8)20-31(45)32-18-24(5)43-47(32)39/h9-23H,1-8H3/q+2. The third-order valence-corrected chi connectivity index (χ3v) is 9.98. The molecule has 6 aromatic rings. The largest absolute Gasteiger partial charge is 0.583 e. The topological polar surface area (TPSA) is 43.4 Å². The van der Waals surface area contributed by atoms with E-state index in [1.165, 1.54) is 27.4 Å². The molecule has 0 radical (unpaired) electrons. The monoisotopic (exact) mass is 648 g/mol. The van der Waals surface area contributed by atoms with Crippen molar-refractivity contribution in [1.82, 2.24) is 19.6 Å². The Morgan fingerprint density at radius 1 is 0.750 bits per heavy atom. The minimum atomic E-state index is -4.63. The maximum absolute atomic E-state index is 14.4. The van der Waals surface area contributed by atoms with Crippen molar-refractivity contribution in [3.63, 3.8) is 0 Å². The van der Waals surface area contributed by atoms with E-state index in [1.54, 1.807) is 0 Å². The van der Waals surface area contributed by atoms with Crippen LogP contribution in [0.4, 0.5) is 13.2 Å². The smallest absolute Gasteiger partial charge is 0.164 e. The fourth-order valence-electron chi connectivity index (χ4n) is 7.69.